The first-order valence-electron chi connectivity index (χ1n) is 8.52. The number of nitrogens with zero attached hydrogens (tertiary/aromatic N) is 5. The van der Waals surface area contributed by atoms with Crippen LogP contribution in [0, 0.1) is 10.1 Å². The van der Waals surface area contributed by atoms with Crippen molar-refractivity contribution in [2.75, 3.05) is 5.75 Å². The predicted molar refractivity (Wildman–Crippen MR) is 109 cm³/mol. The molecule has 4 rings (SSSR count). The fraction of sp³-hybridized carbons (Fsp3) is 0.0500. The summed E-state index contributed by atoms with van der Waals surface area (Å²) in [5, 5.41) is 24.6. The van der Waals surface area contributed by atoms with Crippen molar-refractivity contribution in [3.63, 3.8) is 0 Å². The molecule has 0 spiro atoms. The minimum atomic E-state index is -0.416. The Hall–Kier alpha value is -3.52. The lowest BCUT2D eigenvalue weighted by Gasteiger charge is -2.03. The van der Waals surface area contributed by atoms with E-state index in [9.17, 15) is 10.1 Å². The molecule has 0 fully saturated rings. The SMILES string of the molecule is O=[N+]([O-])c1cccc(-c2ccc3nnc(SC/C=C/c4ccccc4)n3n2)c1. The summed E-state index contributed by atoms with van der Waals surface area (Å²) in [6, 6.07) is 20.1. The van der Waals surface area contributed by atoms with E-state index in [-0.39, 0.29) is 5.69 Å². The number of hydrogen-bond acceptors (Lipinski definition) is 6. The standard InChI is InChI=1S/C20H15N5O2S/c26-25(27)17-10-4-9-16(14-17)18-11-12-19-21-22-20(24(19)23-18)28-13-5-8-15-6-2-1-3-7-15/h1-12,14H,13H2/b8-5+. The van der Waals surface area contributed by atoms with E-state index in [1.807, 2.05) is 30.3 Å². The maximum atomic E-state index is 11.0. The van der Waals surface area contributed by atoms with Crippen LogP contribution in [0.5, 0.6) is 0 Å². The quantitative estimate of drug-likeness (QED) is 0.274. The maximum Gasteiger partial charge on any atom is 0.270 e. The van der Waals surface area contributed by atoms with Crippen molar-refractivity contribution in [2.24, 2.45) is 0 Å². The van der Waals surface area contributed by atoms with Crippen molar-refractivity contribution in [1.82, 2.24) is 19.8 Å². The number of nitro groups is 1. The first-order chi connectivity index (χ1) is 13.7. The summed E-state index contributed by atoms with van der Waals surface area (Å²) < 4.78 is 1.66. The molecule has 0 aliphatic carbocycles. The van der Waals surface area contributed by atoms with Gasteiger partial charge in [-0.1, -0.05) is 66.4 Å². The van der Waals surface area contributed by atoms with Gasteiger partial charge in [0.05, 0.1) is 10.6 Å². The summed E-state index contributed by atoms with van der Waals surface area (Å²) in [6.07, 6.45) is 4.11. The van der Waals surface area contributed by atoms with Gasteiger partial charge in [0.15, 0.2) is 5.65 Å². The Morgan fingerprint density at radius 1 is 1.04 bits per heavy atom. The lowest BCUT2D eigenvalue weighted by Crippen LogP contribution is -1.97. The maximum absolute atomic E-state index is 11.0. The molecule has 4 aromatic rings. The first-order valence-corrected chi connectivity index (χ1v) is 9.51. The average Bonchev–Trinajstić information content (AvgIpc) is 3.14. The number of fused-ring (bicyclic) bond motifs is 1. The second-order valence-electron chi connectivity index (χ2n) is 5.90. The molecule has 7 nitrogen and oxygen atoms in total. The van der Waals surface area contributed by atoms with Gasteiger partial charge in [0.25, 0.3) is 5.69 Å². The highest BCUT2D eigenvalue weighted by atomic mass is 32.2. The lowest BCUT2D eigenvalue weighted by atomic mass is 10.1. The number of benzene rings is 2. The van der Waals surface area contributed by atoms with Gasteiger partial charge in [0.1, 0.15) is 0 Å². The Kier molecular flexibility index (Phi) is 5.11. The van der Waals surface area contributed by atoms with Gasteiger partial charge in [-0.2, -0.15) is 9.61 Å². The summed E-state index contributed by atoms with van der Waals surface area (Å²) in [7, 11) is 0. The molecular weight excluding hydrogens is 374 g/mol. The molecule has 8 heteroatoms. The second kappa shape index (κ2) is 8.01. The molecule has 0 saturated heterocycles. The van der Waals surface area contributed by atoms with Gasteiger partial charge in [0, 0.05) is 23.4 Å². The topological polar surface area (TPSA) is 86.2 Å². The number of thioether (sulfide) groups is 1. The van der Waals surface area contributed by atoms with Gasteiger partial charge in [0.2, 0.25) is 5.16 Å². The highest BCUT2D eigenvalue weighted by Gasteiger charge is 2.11. The minimum Gasteiger partial charge on any atom is -0.258 e. The van der Waals surface area contributed by atoms with Gasteiger partial charge in [-0.3, -0.25) is 10.1 Å². The third-order valence-corrected chi connectivity index (χ3v) is 4.88. The van der Waals surface area contributed by atoms with Crippen molar-refractivity contribution < 1.29 is 4.92 Å². The smallest absolute Gasteiger partial charge is 0.258 e. The van der Waals surface area contributed by atoms with Crippen LogP contribution in [0.15, 0.2) is 78.0 Å². The number of non-ortho nitro benzene ring substituents is 1. The number of aromatic nitrogens is 4. The molecule has 0 amide bonds. The van der Waals surface area contributed by atoms with Crippen molar-refractivity contribution in [2.45, 2.75) is 5.16 Å². The van der Waals surface area contributed by atoms with Gasteiger partial charge in [-0.05, 0) is 17.7 Å². The van der Waals surface area contributed by atoms with Crippen molar-refractivity contribution in [3.05, 3.63) is 88.5 Å². The fourth-order valence-corrected chi connectivity index (χ4v) is 3.36. The average molecular weight is 389 g/mol. The van der Waals surface area contributed by atoms with Gasteiger partial charge in [-0.25, -0.2) is 0 Å². The van der Waals surface area contributed by atoms with Crippen LogP contribution in [-0.2, 0) is 0 Å². The zero-order chi connectivity index (χ0) is 19.3. The van der Waals surface area contributed by atoms with Crippen LogP contribution in [0.4, 0.5) is 5.69 Å². The second-order valence-corrected chi connectivity index (χ2v) is 6.89. The zero-order valence-corrected chi connectivity index (χ0v) is 15.5. The van der Waals surface area contributed by atoms with Crippen LogP contribution < -0.4 is 0 Å². The fourth-order valence-electron chi connectivity index (χ4n) is 2.66. The normalized spacial score (nSPS) is 11.3. The molecule has 0 unspecified atom stereocenters. The molecule has 0 radical (unpaired) electrons. The number of rotatable bonds is 6. The van der Waals surface area contributed by atoms with E-state index in [1.54, 1.807) is 28.8 Å². The highest BCUT2D eigenvalue weighted by Crippen LogP contribution is 2.24. The first kappa shape index (κ1) is 17.9. The van der Waals surface area contributed by atoms with E-state index in [0.29, 0.717) is 22.1 Å². The predicted octanol–water partition coefficient (Wildman–Crippen LogP) is 4.51. The summed E-state index contributed by atoms with van der Waals surface area (Å²) in [6.45, 7) is 0. The van der Waals surface area contributed by atoms with Crippen molar-refractivity contribution >= 4 is 29.2 Å². The summed E-state index contributed by atoms with van der Waals surface area (Å²) in [5.74, 6) is 0.721. The molecule has 0 N–H and O–H groups in total. The van der Waals surface area contributed by atoms with E-state index >= 15 is 0 Å². The third kappa shape index (κ3) is 3.91. The molecule has 0 aliphatic rings. The molecule has 2 heterocycles. The Morgan fingerprint density at radius 2 is 1.89 bits per heavy atom. The van der Waals surface area contributed by atoms with Gasteiger partial charge < -0.3 is 0 Å². The van der Waals surface area contributed by atoms with Crippen LogP contribution in [-0.4, -0.2) is 30.5 Å². The third-order valence-electron chi connectivity index (χ3n) is 4.01. The van der Waals surface area contributed by atoms with Gasteiger partial charge >= 0.3 is 0 Å². The zero-order valence-electron chi connectivity index (χ0n) is 14.7. The Balaban J connectivity index is 1.55. The van der Waals surface area contributed by atoms with Crippen LogP contribution in [0.2, 0.25) is 0 Å². The number of hydrogen-bond donors (Lipinski definition) is 0. The van der Waals surface area contributed by atoms with Crippen LogP contribution >= 0.6 is 11.8 Å². The minimum absolute atomic E-state index is 0.0313. The summed E-state index contributed by atoms with van der Waals surface area (Å²) in [4.78, 5) is 10.6. The van der Waals surface area contributed by atoms with Crippen LogP contribution in [0.25, 0.3) is 23.0 Å². The van der Waals surface area contributed by atoms with Crippen LogP contribution in [0.1, 0.15) is 5.56 Å². The Bertz CT molecular complexity index is 1160. The number of nitro benzene ring substituents is 1. The van der Waals surface area contributed by atoms with Gasteiger partial charge in [-0.15, -0.1) is 10.2 Å². The molecule has 0 bridgehead atoms. The van der Waals surface area contributed by atoms with E-state index in [1.165, 1.54) is 23.9 Å². The van der Waals surface area contributed by atoms with Crippen LogP contribution in [0.3, 0.4) is 0 Å². The largest absolute Gasteiger partial charge is 0.270 e. The van der Waals surface area contributed by atoms with E-state index in [4.69, 9.17) is 0 Å². The van der Waals surface area contributed by atoms with E-state index < -0.39 is 4.92 Å². The van der Waals surface area contributed by atoms with E-state index in [2.05, 4.69) is 27.4 Å². The van der Waals surface area contributed by atoms with Crippen molar-refractivity contribution in [3.8, 4) is 11.3 Å². The molecular formula is C20H15N5O2S. The Morgan fingerprint density at radius 3 is 2.71 bits per heavy atom. The molecule has 28 heavy (non-hydrogen) atoms. The molecule has 2 aromatic carbocycles. The summed E-state index contributed by atoms with van der Waals surface area (Å²) >= 11 is 1.52. The molecule has 0 atom stereocenters. The molecule has 0 aliphatic heterocycles. The highest BCUT2D eigenvalue weighted by molar-refractivity contribution is 7.99. The van der Waals surface area contributed by atoms with E-state index in [0.717, 1.165) is 11.3 Å². The van der Waals surface area contributed by atoms with Crippen molar-refractivity contribution in [1.29, 1.82) is 0 Å². The Labute approximate surface area is 164 Å². The monoisotopic (exact) mass is 389 g/mol. The molecule has 2 aromatic heterocycles. The lowest BCUT2D eigenvalue weighted by molar-refractivity contribution is -0.384. The summed E-state index contributed by atoms with van der Waals surface area (Å²) in [5.41, 5.74) is 3.09. The molecule has 138 valence electrons. The molecule has 0 saturated carbocycles.